The van der Waals surface area contributed by atoms with Crippen LogP contribution in [0.1, 0.15) is 39.3 Å². The van der Waals surface area contributed by atoms with Gasteiger partial charge in [0.25, 0.3) is 0 Å². The van der Waals surface area contributed by atoms with Crippen molar-refractivity contribution in [3.05, 3.63) is 29.6 Å². The lowest BCUT2D eigenvalue weighted by molar-refractivity contribution is 0.167. The minimum atomic E-state index is -0.222. The molecule has 0 aromatic heterocycles. The van der Waals surface area contributed by atoms with Gasteiger partial charge in [-0.1, -0.05) is 19.9 Å². The molecule has 2 nitrogen and oxygen atoms in total. The second-order valence-electron chi connectivity index (χ2n) is 4.73. The topological polar surface area (TPSA) is 21.3 Å². The molecule has 1 aromatic carbocycles. The average molecular weight is 239 g/mol. The molecule has 17 heavy (non-hydrogen) atoms. The molecule has 96 valence electrons. The zero-order valence-corrected chi connectivity index (χ0v) is 11.3. The van der Waals surface area contributed by atoms with Crippen LogP contribution in [0.4, 0.5) is 4.39 Å². The van der Waals surface area contributed by atoms with Gasteiger partial charge in [0.05, 0.1) is 6.10 Å². The summed E-state index contributed by atoms with van der Waals surface area (Å²) in [5.74, 6) is 0.810. The van der Waals surface area contributed by atoms with Gasteiger partial charge in [-0.25, -0.2) is 4.39 Å². The van der Waals surface area contributed by atoms with Crippen molar-refractivity contribution in [3.8, 4) is 5.75 Å². The molecule has 2 unspecified atom stereocenters. The molecule has 0 spiro atoms. The molecule has 0 saturated heterocycles. The smallest absolute Gasteiger partial charge is 0.131 e. The van der Waals surface area contributed by atoms with Gasteiger partial charge < -0.3 is 10.1 Å². The highest BCUT2D eigenvalue weighted by Crippen LogP contribution is 2.29. The van der Waals surface area contributed by atoms with Gasteiger partial charge in [-0.3, -0.25) is 0 Å². The fourth-order valence-electron chi connectivity index (χ4n) is 1.52. The predicted octanol–water partition coefficient (Wildman–Crippen LogP) is 3.53. The number of rotatable bonds is 5. The van der Waals surface area contributed by atoms with Gasteiger partial charge in [0.2, 0.25) is 0 Å². The lowest BCUT2D eigenvalue weighted by Gasteiger charge is -2.22. The van der Waals surface area contributed by atoms with Crippen molar-refractivity contribution < 1.29 is 9.13 Å². The van der Waals surface area contributed by atoms with Crippen LogP contribution in [-0.4, -0.2) is 13.2 Å². The Labute approximate surface area is 103 Å². The van der Waals surface area contributed by atoms with Gasteiger partial charge in [-0.05, 0) is 38.9 Å². The number of halogens is 1. The summed E-state index contributed by atoms with van der Waals surface area (Å²) in [4.78, 5) is 0. The highest BCUT2D eigenvalue weighted by atomic mass is 19.1. The van der Waals surface area contributed by atoms with Crippen molar-refractivity contribution in [2.75, 3.05) is 7.05 Å². The minimum Gasteiger partial charge on any atom is -0.490 e. The highest BCUT2D eigenvalue weighted by Gasteiger charge is 2.18. The minimum absolute atomic E-state index is 0.0643. The third kappa shape index (κ3) is 3.43. The molecule has 0 aliphatic heterocycles. The molecule has 0 fully saturated rings. The van der Waals surface area contributed by atoms with Crippen LogP contribution in [0.3, 0.4) is 0 Å². The van der Waals surface area contributed by atoms with Crippen molar-refractivity contribution in [2.45, 2.75) is 39.8 Å². The first-order chi connectivity index (χ1) is 7.97. The van der Waals surface area contributed by atoms with E-state index in [0.29, 0.717) is 17.2 Å². The maximum atomic E-state index is 13.8. The standard InChI is InChI=1S/C14H22FNO/c1-9(2)11(4)17-13-8-6-7-12(15)14(13)10(3)16-5/h6-11,16H,1-5H3. The van der Waals surface area contributed by atoms with Crippen LogP contribution in [0, 0.1) is 11.7 Å². The zero-order chi connectivity index (χ0) is 13.0. The number of hydrogen-bond acceptors (Lipinski definition) is 2. The fourth-order valence-corrected chi connectivity index (χ4v) is 1.52. The number of benzene rings is 1. The summed E-state index contributed by atoms with van der Waals surface area (Å²) < 4.78 is 19.6. The first-order valence-corrected chi connectivity index (χ1v) is 6.09. The summed E-state index contributed by atoms with van der Waals surface area (Å²) in [6.45, 7) is 8.10. The van der Waals surface area contributed by atoms with E-state index in [1.54, 1.807) is 6.07 Å². The molecule has 2 atom stereocenters. The first-order valence-electron chi connectivity index (χ1n) is 6.09. The Hall–Kier alpha value is -1.09. The summed E-state index contributed by atoms with van der Waals surface area (Å²) in [5, 5.41) is 3.04. The Bertz CT molecular complexity index is 365. The molecule has 0 heterocycles. The summed E-state index contributed by atoms with van der Waals surface area (Å²) in [7, 11) is 1.81. The van der Waals surface area contributed by atoms with E-state index in [9.17, 15) is 4.39 Å². The summed E-state index contributed by atoms with van der Waals surface area (Å²) in [6, 6.07) is 4.91. The van der Waals surface area contributed by atoms with Crippen LogP contribution in [0.15, 0.2) is 18.2 Å². The van der Waals surface area contributed by atoms with Gasteiger partial charge >= 0.3 is 0 Å². The van der Waals surface area contributed by atoms with E-state index < -0.39 is 0 Å². The molecular weight excluding hydrogens is 217 g/mol. The summed E-state index contributed by atoms with van der Waals surface area (Å²) >= 11 is 0. The molecule has 0 aliphatic rings. The van der Waals surface area contributed by atoms with E-state index in [0.717, 1.165) is 0 Å². The number of ether oxygens (including phenoxy) is 1. The third-order valence-electron chi connectivity index (χ3n) is 3.13. The molecule has 0 radical (unpaired) electrons. The Morgan fingerprint density at radius 2 is 1.82 bits per heavy atom. The van der Waals surface area contributed by atoms with E-state index in [1.165, 1.54) is 6.07 Å². The van der Waals surface area contributed by atoms with Crippen LogP contribution in [0.2, 0.25) is 0 Å². The van der Waals surface area contributed by atoms with Crippen LogP contribution < -0.4 is 10.1 Å². The Morgan fingerprint density at radius 1 is 1.18 bits per heavy atom. The molecule has 1 rings (SSSR count). The lowest BCUT2D eigenvalue weighted by Crippen LogP contribution is -2.22. The maximum Gasteiger partial charge on any atom is 0.131 e. The van der Waals surface area contributed by atoms with Gasteiger partial charge in [0.15, 0.2) is 0 Å². The van der Waals surface area contributed by atoms with Gasteiger partial charge in [-0.2, -0.15) is 0 Å². The second-order valence-corrected chi connectivity index (χ2v) is 4.73. The zero-order valence-electron chi connectivity index (χ0n) is 11.3. The molecule has 1 aromatic rings. The molecule has 3 heteroatoms. The van der Waals surface area contributed by atoms with Gasteiger partial charge in [-0.15, -0.1) is 0 Å². The Kier molecular flexibility index (Phi) is 4.94. The molecular formula is C14H22FNO. The largest absolute Gasteiger partial charge is 0.490 e. The van der Waals surface area contributed by atoms with E-state index in [2.05, 4.69) is 19.2 Å². The SMILES string of the molecule is CNC(C)c1c(F)cccc1OC(C)C(C)C. The van der Waals surface area contributed by atoms with Crippen molar-refractivity contribution in [1.82, 2.24) is 5.32 Å². The highest BCUT2D eigenvalue weighted by molar-refractivity contribution is 5.37. The van der Waals surface area contributed by atoms with E-state index in [4.69, 9.17) is 4.74 Å². The predicted molar refractivity (Wildman–Crippen MR) is 68.8 cm³/mol. The monoisotopic (exact) mass is 239 g/mol. The Balaban J connectivity index is 3.02. The summed E-state index contributed by atoms with van der Waals surface area (Å²) in [6.07, 6.45) is 0.0691. The fraction of sp³-hybridized carbons (Fsp3) is 0.571. The molecule has 0 aliphatic carbocycles. The Morgan fingerprint density at radius 3 is 2.35 bits per heavy atom. The van der Waals surface area contributed by atoms with E-state index >= 15 is 0 Å². The van der Waals surface area contributed by atoms with Crippen LogP contribution in [0.5, 0.6) is 5.75 Å². The number of nitrogens with one attached hydrogen (secondary N) is 1. The van der Waals surface area contributed by atoms with E-state index in [-0.39, 0.29) is 18.0 Å². The number of hydrogen-bond donors (Lipinski definition) is 1. The van der Waals surface area contributed by atoms with Crippen LogP contribution in [-0.2, 0) is 0 Å². The van der Waals surface area contributed by atoms with Crippen molar-refractivity contribution >= 4 is 0 Å². The molecule has 0 bridgehead atoms. The third-order valence-corrected chi connectivity index (χ3v) is 3.13. The second kappa shape index (κ2) is 6.01. The van der Waals surface area contributed by atoms with Gasteiger partial charge in [0.1, 0.15) is 11.6 Å². The first kappa shape index (κ1) is 14.0. The van der Waals surface area contributed by atoms with Crippen molar-refractivity contribution in [2.24, 2.45) is 5.92 Å². The molecule has 0 saturated carbocycles. The van der Waals surface area contributed by atoms with Gasteiger partial charge in [0, 0.05) is 11.6 Å². The van der Waals surface area contributed by atoms with Crippen LogP contribution in [0.25, 0.3) is 0 Å². The normalized spacial score (nSPS) is 14.8. The van der Waals surface area contributed by atoms with Crippen molar-refractivity contribution in [3.63, 3.8) is 0 Å². The molecule has 0 amide bonds. The lowest BCUT2D eigenvalue weighted by atomic mass is 10.1. The van der Waals surface area contributed by atoms with E-state index in [1.807, 2.05) is 27.0 Å². The molecule has 1 N–H and O–H groups in total. The van der Waals surface area contributed by atoms with Crippen LogP contribution >= 0.6 is 0 Å². The quantitative estimate of drug-likeness (QED) is 0.848. The maximum absolute atomic E-state index is 13.8. The average Bonchev–Trinajstić information content (AvgIpc) is 2.28. The van der Waals surface area contributed by atoms with Crippen molar-refractivity contribution in [1.29, 1.82) is 0 Å². The summed E-state index contributed by atoms with van der Waals surface area (Å²) in [5.41, 5.74) is 0.600.